The average Bonchev–Trinajstić information content (AvgIpc) is 3.38. The molecule has 1 atom stereocenters. The fourth-order valence-electron chi connectivity index (χ4n) is 4.24. The number of amides is 1. The van der Waals surface area contributed by atoms with Gasteiger partial charge in [0.05, 0.1) is 24.1 Å². The molecule has 0 saturated carbocycles. The number of aromatic nitrogens is 1. The lowest BCUT2D eigenvalue weighted by molar-refractivity contribution is -0.119. The lowest BCUT2D eigenvalue weighted by Gasteiger charge is -2.20. The van der Waals surface area contributed by atoms with E-state index in [1.807, 2.05) is 36.5 Å². The van der Waals surface area contributed by atoms with Crippen molar-refractivity contribution in [3.63, 3.8) is 0 Å². The zero-order chi connectivity index (χ0) is 24.7. The highest BCUT2D eigenvalue weighted by molar-refractivity contribution is 7.89. The molecule has 35 heavy (non-hydrogen) atoms. The topological polar surface area (TPSA) is 100 Å². The number of aromatic amines is 1. The van der Waals surface area contributed by atoms with Crippen LogP contribution in [0.5, 0.6) is 5.75 Å². The third-order valence-corrected chi connectivity index (χ3v) is 7.41. The van der Waals surface area contributed by atoms with Crippen LogP contribution in [0.4, 0.5) is 0 Å². The van der Waals surface area contributed by atoms with Crippen LogP contribution in [-0.2, 0) is 21.2 Å². The number of hydrogen-bond acceptors (Lipinski definition) is 4. The zero-order valence-electron chi connectivity index (χ0n) is 19.5. The second-order valence-electron chi connectivity index (χ2n) is 8.29. The van der Waals surface area contributed by atoms with Crippen LogP contribution in [0.15, 0.2) is 90.0 Å². The van der Waals surface area contributed by atoms with Gasteiger partial charge in [-0.25, -0.2) is 13.1 Å². The number of carbonyl (C=O) groups excluding carboxylic acids is 1. The first-order valence-electron chi connectivity index (χ1n) is 11.5. The molecular weight excluding hydrogens is 462 g/mol. The molecule has 182 valence electrons. The molecule has 0 bridgehead atoms. The molecule has 0 aliphatic heterocycles. The smallest absolute Gasteiger partial charge is 0.241 e. The number of benzene rings is 3. The van der Waals surface area contributed by atoms with Crippen molar-refractivity contribution in [3.05, 3.63) is 96.2 Å². The number of nitrogens with one attached hydrogen (secondary N) is 3. The molecular formula is C27H29N3O4S. The largest absolute Gasteiger partial charge is 0.495 e. The monoisotopic (exact) mass is 491 g/mol. The molecule has 1 amide bonds. The highest BCUT2D eigenvalue weighted by Crippen LogP contribution is 2.34. The van der Waals surface area contributed by atoms with Gasteiger partial charge in [-0.3, -0.25) is 4.79 Å². The molecule has 1 unspecified atom stereocenters. The molecule has 1 aromatic heterocycles. The molecule has 0 saturated heterocycles. The van der Waals surface area contributed by atoms with Gasteiger partial charge in [-0.15, -0.1) is 0 Å². The molecule has 8 heteroatoms. The summed E-state index contributed by atoms with van der Waals surface area (Å²) in [5, 5.41) is 3.95. The summed E-state index contributed by atoms with van der Waals surface area (Å²) >= 11 is 0. The maximum absolute atomic E-state index is 12.4. The Hall–Kier alpha value is -3.62. The molecule has 7 nitrogen and oxygen atoms in total. The lowest BCUT2D eigenvalue weighted by Crippen LogP contribution is -2.37. The molecule has 1 heterocycles. The summed E-state index contributed by atoms with van der Waals surface area (Å²) in [6, 6.07) is 24.3. The Morgan fingerprint density at radius 2 is 1.69 bits per heavy atom. The predicted octanol–water partition coefficient (Wildman–Crippen LogP) is 3.99. The van der Waals surface area contributed by atoms with E-state index < -0.39 is 10.0 Å². The molecule has 0 fully saturated rings. The number of ether oxygens (including phenoxy) is 1. The van der Waals surface area contributed by atoms with Gasteiger partial charge in [-0.05, 0) is 54.2 Å². The van der Waals surface area contributed by atoms with E-state index in [0.717, 1.165) is 23.1 Å². The second kappa shape index (κ2) is 11.2. The SMILES string of the molecule is COc1ccc(C(CCNC(=O)CNS(=O)(=O)c2ccccc2)Cc2ccccc2)c2cc[nH]c12. The van der Waals surface area contributed by atoms with Gasteiger partial charge in [0.1, 0.15) is 5.75 Å². The van der Waals surface area contributed by atoms with Crippen molar-refractivity contribution in [2.45, 2.75) is 23.7 Å². The van der Waals surface area contributed by atoms with Gasteiger partial charge in [0, 0.05) is 18.1 Å². The highest BCUT2D eigenvalue weighted by atomic mass is 32.2. The highest BCUT2D eigenvalue weighted by Gasteiger charge is 2.19. The predicted molar refractivity (Wildman–Crippen MR) is 137 cm³/mol. The van der Waals surface area contributed by atoms with E-state index in [1.54, 1.807) is 25.3 Å². The molecule has 4 rings (SSSR count). The van der Waals surface area contributed by atoms with E-state index in [2.05, 4.69) is 33.2 Å². The summed E-state index contributed by atoms with van der Waals surface area (Å²) in [5.74, 6) is 0.554. The quantitative estimate of drug-likeness (QED) is 0.295. The average molecular weight is 492 g/mol. The summed E-state index contributed by atoms with van der Waals surface area (Å²) in [7, 11) is -2.08. The first-order valence-corrected chi connectivity index (χ1v) is 13.0. The zero-order valence-corrected chi connectivity index (χ0v) is 20.3. The van der Waals surface area contributed by atoms with Crippen LogP contribution in [0.25, 0.3) is 10.9 Å². The van der Waals surface area contributed by atoms with Crippen LogP contribution in [0, 0.1) is 0 Å². The van der Waals surface area contributed by atoms with Crippen molar-refractivity contribution in [1.29, 1.82) is 0 Å². The van der Waals surface area contributed by atoms with Crippen molar-refractivity contribution in [2.24, 2.45) is 0 Å². The number of hydrogen-bond donors (Lipinski definition) is 3. The third kappa shape index (κ3) is 6.09. The van der Waals surface area contributed by atoms with Gasteiger partial charge >= 0.3 is 0 Å². The number of fused-ring (bicyclic) bond motifs is 1. The molecule has 3 N–H and O–H groups in total. The van der Waals surface area contributed by atoms with Crippen LogP contribution in [0.1, 0.15) is 23.5 Å². The summed E-state index contributed by atoms with van der Waals surface area (Å²) in [4.78, 5) is 15.8. The molecule has 0 spiro atoms. The number of carbonyl (C=O) groups is 1. The van der Waals surface area contributed by atoms with Crippen molar-refractivity contribution >= 4 is 26.8 Å². The summed E-state index contributed by atoms with van der Waals surface area (Å²) < 4.78 is 32.6. The molecule has 4 aromatic rings. The number of sulfonamides is 1. The maximum atomic E-state index is 12.4. The fraction of sp³-hybridized carbons (Fsp3) is 0.222. The Bertz CT molecular complexity index is 1370. The number of H-pyrrole nitrogens is 1. The first-order chi connectivity index (χ1) is 17.0. The van der Waals surface area contributed by atoms with E-state index in [1.165, 1.54) is 23.3 Å². The summed E-state index contributed by atoms with van der Waals surface area (Å²) in [5.41, 5.74) is 3.33. The molecule has 0 aliphatic carbocycles. The van der Waals surface area contributed by atoms with Crippen molar-refractivity contribution < 1.29 is 17.9 Å². The van der Waals surface area contributed by atoms with Crippen LogP contribution in [0.3, 0.4) is 0 Å². The van der Waals surface area contributed by atoms with Gasteiger partial charge in [-0.1, -0.05) is 54.6 Å². The van der Waals surface area contributed by atoms with Crippen molar-refractivity contribution in [2.75, 3.05) is 20.2 Å². The van der Waals surface area contributed by atoms with Crippen LogP contribution < -0.4 is 14.8 Å². The van der Waals surface area contributed by atoms with E-state index in [-0.39, 0.29) is 23.3 Å². The molecule has 0 radical (unpaired) electrons. The van der Waals surface area contributed by atoms with Crippen LogP contribution >= 0.6 is 0 Å². The van der Waals surface area contributed by atoms with Crippen molar-refractivity contribution in [1.82, 2.24) is 15.0 Å². The molecule has 0 aliphatic rings. The van der Waals surface area contributed by atoms with Crippen LogP contribution in [-0.4, -0.2) is 39.5 Å². The molecule has 3 aromatic carbocycles. The minimum absolute atomic E-state index is 0.130. The Labute approximate surface area is 205 Å². The summed E-state index contributed by atoms with van der Waals surface area (Å²) in [6.07, 6.45) is 3.40. The Morgan fingerprint density at radius 3 is 2.40 bits per heavy atom. The van der Waals surface area contributed by atoms with E-state index in [9.17, 15) is 13.2 Å². The second-order valence-corrected chi connectivity index (χ2v) is 10.1. The fourth-order valence-corrected chi connectivity index (χ4v) is 5.24. The van der Waals surface area contributed by atoms with Gasteiger partial charge in [0.2, 0.25) is 15.9 Å². The van der Waals surface area contributed by atoms with Gasteiger partial charge in [0.25, 0.3) is 0 Å². The number of rotatable bonds is 11. The third-order valence-electron chi connectivity index (χ3n) is 5.99. The van der Waals surface area contributed by atoms with E-state index >= 15 is 0 Å². The Morgan fingerprint density at radius 1 is 0.971 bits per heavy atom. The van der Waals surface area contributed by atoms with Gasteiger partial charge in [0.15, 0.2) is 0 Å². The minimum atomic E-state index is -3.73. The van der Waals surface area contributed by atoms with Gasteiger partial charge in [-0.2, -0.15) is 0 Å². The van der Waals surface area contributed by atoms with E-state index in [0.29, 0.717) is 13.0 Å². The lowest BCUT2D eigenvalue weighted by atomic mass is 9.87. The van der Waals surface area contributed by atoms with Crippen LogP contribution in [0.2, 0.25) is 0 Å². The first kappa shape index (κ1) is 24.5. The Balaban J connectivity index is 1.43. The minimum Gasteiger partial charge on any atom is -0.495 e. The standard InChI is InChI=1S/C27H29N3O4S/c1-34-25-13-12-23(24-15-17-29-27(24)25)21(18-20-8-4-2-5-9-20)14-16-28-26(31)19-30-35(32,33)22-10-6-3-7-11-22/h2-13,15,17,21,29-30H,14,16,18-19H2,1H3,(H,28,31). The van der Waals surface area contributed by atoms with E-state index in [4.69, 9.17) is 4.74 Å². The Kier molecular flexibility index (Phi) is 7.84. The maximum Gasteiger partial charge on any atom is 0.241 e. The van der Waals surface area contributed by atoms with Gasteiger partial charge < -0.3 is 15.0 Å². The summed E-state index contributed by atoms with van der Waals surface area (Å²) in [6.45, 7) is 0.104. The van der Waals surface area contributed by atoms with Crippen molar-refractivity contribution in [3.8, 4) is 5.75 Å². The normalized spacial score (nSPS) is 12.4. The number of methoxy groups -OCH3 is 1.